The van der Waals surface area contributed by atoms with E-state index in [0.717, 1.165) is 50.4 Å². The summed E-state index contributed by atoms with van der Waals surface area (Å²) in [5.74, 6) is 1.82. The number of hydrogen-bond acceptors (Lipinski definition) is 4. The summed E-state index contributed by atoms with van der Waals surface area (Å²) in [5.41, 5.74) is 0.654. The lowest BCUT2D eigenvalue weighted by Crippen LogP contribution is -2.40. The molecular weight excluding hydrogens is 318 g/mol. The largest absolute Gasteiger partial charge is 0.491 e. The van der Waals surface area contributed by atoms with Crippen LogP contribution in [0.2, 0.25) is 0 Å². The van der Waals surface area contributed by atoms with E-state index < -0.39 is 0 Å². The van der Waals surface area contributed by atoms with E-state index >= 15 is 0 Å². The lowest BCUT2D eigenvalue weighted by Gasteiger charge is -2.24. The van der Waals surface area contributed by atoms with Gasteiger partial charge in [0.2, 0.25) is 0 Å². The molecule has 1 aromatic carbocycles. The number of aryl methyl sites for hydroxylation is 1. The molecule has 0 radical (unpaired) electrons. The summed E-state index contributed by atoms with van der Waals surface area (Å²) < 4.78 is 13.4. The van der Waals surface area contributed by atoms with Crippen LogP contribution in [0.1, 0.15) is 35.4 Å². The number of benzene rings is 1. The zero-order valence-electron chi connectivity index (χ0n) is 14.2. The Labute approximate surface area is 147 Å². The Kier molecular flexibility index (Phi) is 4.70. The van der Waals surface area contributed by atoms with E-state index in [1.807, 2.05) is 36.7 Å². The summed E-state index contributed by atoms with van der Waals surface area (Å²) in [4.78, 5) is 16.8. The number of hydrogen-bond donors (Lipinski definition) is 1. The van der Waals surface area contributed by atoms with Gasteiger partial charge < -0.3 is 19.4 Å². The van der Waals surface area contributed by atoms with Gasteiger partial charge in [0.25, 0.3) is 5.91 Å². The van der Waals surface area contributed by atoms with Gasteiger partial charge in [0.15, 0.2) is 0 Å². The predicted octanol–water partition coefficient (Wildman–Crippen LogP) is 2.19. The average molecular weight is 341 g/mol. The smallest absolute Gasteiger partial charge is 0.251 e. The number of rotatable bonds is 5. The van der Waals surface area contributed by atoms with Crippen molar-refractivity contribution in [3.8, 4) is 5.75 Å². The van der Waals surface area contributed by atoms with Crippen LogP contribution < -0.4 is 10.1 Å². The Hall–Kier alpha value is -2.34. The molecule has 6 heteroatoms. The van der Waals surface area contributed by atoms with Crippen molar-refractivity contribution in [1.29, 1.82) is 0 Å². The van der Waals surface area contributed by atoms with E-state index in [2.05, 4.69) is 14.9 Å². The minimum Gasteiger partial charge on any atom is -0.491 e. The van der Waals surface area contributed by atoms with Crippen molar-refractivity contribution >= 4 is 5.91 Å². The molecule has 25 heavy (non-hydrogen) atoms. The van der Waals surface area contributed by atoms with Crippen molar-refractivity contribution in [3.63, 3.8) is 0 Å². The molecule has 4 rings (SSSR count). The summed E-state index contributed by atoms with van der Waals surface area (Å²) in [6.45, 7) is 2.18. The summed E-state index contributed by atoms with van der Waals surface area (Å²) >= 11 is 0. The number of carbonyl (C=O) groups excluding carboxylic acids is 1. The summed E-state index contributed by atoms with van der Waals surface area (Å²) in [6.07, 6.45) is 7.96. The van der Waals surface area contributed by atoms with Crippen LogP contribution in [0.4, 0.5) is 0 Å². The molecule has 2 aliphatic rings. The van der Waals surface area contributed by atoms with Crippen molar-refractivity contribution in [2.24, 2.45) is 0 Å². The molecule has 1 fully saturated rings. The lowest BCUT2D eigenvalue weighted by molar-refractivity contribution is 0.0679. The number of imidazole rings is 1. The molecule has 2 aliphatic heterocycles. The highest BCUT2D eigenvalue weighted by molar-refractivity contribution is 5.94. The zero-order chi connectivity index (χ0) is 17.1. The van der Waals surface area contributed by atoms with Crippen LogP contribution in [0.3, 0.4) is 0 Å². The fourth-order valence-electron chi connectivity index (χ4n) is 3.42. The van der Waals surface area contributed by atoms with Crippen molar-refractivity contribution in [3.05, 3.63) is 48.0 Å². The van der Waals surface area contributed by atoms with E-state index in [-0.39, 0.29) is 18.1 Å². The van der Waals surface area contributed by atoms with Gasteiger partial charge in [0.05, 0.1) is 6.10 Å². The molecule has 0 spiro atoms. The van der Waals surface area contributed by atoms with Crippen LogP contribution in [-0.4, -0.2) is 40.8 Å². The number of nitrogens with zero attached hydrogens (tertiary/aromatic N) is 2. The molecule has 1 saturated heterocycles. The second-order valence-corrected chi connectivity index (χ2v) is 6.68. The first-order valence-electron chi connectivity index (χ1n) is 8.93. The van der Waals surface area contributed by atoms with Gasteiger partial charge in [-0.15, -0.1) is 0 Å². The molecule has 0 saturated carbocycles. The molecule has 0 unspecified atom stereocenters. The van der Waals surface area contributed by atoms with Crippen LogP contribution in [-0.2, 0) is 17.7 Å². The maximum atomic E-state index is 12.4. The summed E-state index contributed by atoms with van der Waals surface area (Å²) in [7, 11) is 0. The van der Waals surface area contributed by atoms with Crippen LogP contribution >= 0.6 is 0 Å². The molecular formula is C19H23N3O3. The monoisotopic (exact) mass is 341 g/mol. The van der Waals surface area contributed by atoms with Gasteiger partial charge in [-0.05, 0) is 43.5 Å². The standard InChI is InChI=1S/C19H23N3O3/c23-19(21-15-5-8-18-20-9-10-22(18)12-15)14-3-6-16(7-4-14)25-13-17-2-1-11-24-17/h3-4,6-7,9-10,15,17H,1-2,5,8,11-13H2,(H,21,23)/t15-,17-/m0/s1. The van der Waals surface area contributed by atoms with Crippen LogP contribution in [0.15, 0.2) is 36.7 Å². The van der Waals surface area contributed by atoms with E-state index in [4.69, 9.17) is 9.47 Å². The number of carbonyl (C=O) groups is 1. The molecule has 0 bridgehead atoms. The van der Waals surface area contributed by atoms with Crippen molar-refractivity contribution < 1.29 is 14.3 Å². The first-order valence-corrected chi connectivity index (χ1v) is 8.93. The molecule has 2 atom stereocenters. The van der Waals surface area contributed by atoms with E-state index in [9.17, 15) is 4.79 Å². The second-order valence-electron chi connectivity index (χ2n) is 6.68. The first kappa shape index (κ1) is 16.1. The highest BCUT2D eigenvalue weighted by Gasteiger charge is 2.21. The number of nitrogens with one attached hydrogen (secondary N) is 1. The molecule has 0 aliphatic carbocycles. The first-order chi connectivity index (χ1) is 12.3. The number of aromatic nitrogens is 2. The fourth-order valence-corrected chi connectivity index (χ4v) is 3.42. The lowest BCUT2D eigenvalue weighted by atomic mass is 10.1. The third kappa shape index (κ3) is 3.85. The van der Waals surface area contributed by atoms with Gasteiger partial charge in [-0.1, -0.05) is 0 Å². The van der Waals surface area contributed by atoms with E-state index in [1.165, 1.54) is 0 Å². The molecule has 1 aromatic heterocycles. The second kappa shape index (κ2) is 7.27. The van der Waals surface area contributed by atoms with E-state index in [1.54, 1.807) is 0 Å². The minimum atomic E-state index is -0.0424. The predicted molar refractivity (Wildman–Crippen MR) is 92.7 cm³/mol. The minimum absolute atomic E-state index is 0.0424. The zero-order valence-corrected chi connectivity index (χ0v) is 14.2. The highest BCUT2D eigenvalue weighted by atomic mass is 16.5. The molecule has 3 heterocycles. The molecule has 6 nitrogen and oxygen atoms in total. The molecule has 2 aromatic rings. The van der Waals surface area contributed by atoms with Crippen LogP contribution in [0.5, 0.6) is 5.75 Å². The van der Waals surface area contributed by atoms with Crippen molar-refractivity contribution in [1.82, 2.24) is 14.9 Å². The Morgan fingerprint density at radius 2 is 2.20 bits per heavy atom. The molecule has 1 amide bonds. The number of ether oxygens (including phenoxy) is 2. The maximum absolute atomic E-state index is 12.4. The SMILES string of the molecule is O=C(N[C@H]1CCc2nccn2C1)c1ccc(OC[C@@H]2CCCO2)cc1. The number of fused-ring (bicyclic) bond motifs is 1. The van der Waals surface area contributed by atoms with Crippen LogP contribution in [0.25, 0.3) is 0 Å². The highest BCUT2D eigenvalue weighted by Crippen LogP contribution is 2.17. The Morgan fingerprint density at radius 1 is 1.32 bits per heavy atom. The normalized spacial score (nSPS) is 22.4. The van der Waals surface area contributed by atoms with Crippen molar-refractivity contribution in [2.75, 3.05) is 13.2 Å². The Bertz CT molecular complexity index is 720. The van der Waals surface area contributed by atoms with Crippen molar-refractivity contribution in [2.45, 2.75) is 44.4 Å². The van der Waals surface area contributed by atoms with Gasteiger partial charge >= 0.3 is 0 Å². The van der Waals surface area contributed by atoms with Gasteiger partial charge in [-0.25, -0.2) is 4.98 Å². The van der Waals surface area contributed by atoms with Gasteiger partial charge in [0, 0.05) is 43.6 Å². The fraction of sp³-hybridized carbons (Fsp3) is 0.474. The Balaban J connectivity index is 1.30. The van der Waals surface area contributed by atoms with Crippen LogP contribution in [0, 0.1) is 0 Å². The maximum Gasteiger partial charge on any atom is 0.251 e. The average Bonchev–Trinajstić information content (AvgIpc) is 3.31. The third-order valence-corrected chi connectivity index (χ3v) is 4.85. The third-order valence-electron chi connectivity index (χ3n) is 4.85. The summed E-state index contributed by atoms with van der Waals surface area (Å²) in [5, 5.41) is 3.11. The molecule has 1 N–H and O–H groups in total. The Morgan fingerprint density at radius 3 is 3.00 bits per heavy atom. The van der Waals surface area contributed by atoms with E-state index in [0.29, 0.717) is 12.2 Å². The quantitative estimate of drug-likeness (QED) is 0.905. The van der Waals surface area contributed by atoms with Gasteiger partial charge in [-0.3, -0.25) is 4.79 Å². The van der Waals surface area contributed by atoms with Gasteiger partial charge in [0.1, 0.15) is 18.2 Å². The topological polar surface area (TPSA) is 65.4 Å². The summed E-state index contributed by atoms with van der Waals surface area (Å²) in [6, 6.07) is 7.46. The number of amides is 1. The van der Waals surface area contributed by atoms with Gasteiger partial charge in [-0.2, -0.15) is 0 Å². The molecule has 132 valence electrons.